The normalized spacial score (nSPS) is 10.4. The Morgan fingerprint density at radius 1 is 1.26 bits per heavy atom. The highest BCUT2D eigenvalue weighted by molar-refractivity contribution is 5.75. The molecule has 0 saturated heterocycles. The predicted octanol–water partition coefficient (Wildman–Crippen LogP) is 1.80. The fraction of sp³-hybridized carbons (Fsp3) is 0.333. The number of hydrogen-bond donors (Lipinski definition) is 1. The lowest BCUT2D eigenvalue weighted by molar-refractivity contribution is -0.121. The third-order valence-electron chi connectivity index (χ3n) is 3.10. The first-order valence-corrected chi connectivity index (χ1v) is 6.54. The van der Waals surface area contributed by atoms with Crippen LogP contribution in [0, 0.1) is 0 Å². The second kappa shape index (κ2) is 6.73. The molecule has 1 N–H and O–H groups in total. The highest BCUT2D eigenvalue weighted by Crippen LogP contribution is 2.07. The zero-order chi connectivity index (χ0) is 13.5. The average Bonchev–Trinajstić information content (AvgIpc) is 2.87. The van der Waals surface area contributed by atoms with Gasteiger partial charge in [-0.2, -0.15) is 0 Å². The van der Waals surface area contributed by atoms with E-state index in [-0.39, 0.29) is 5.91 Å². The topological polar surface area (TPSA) is 46.9 Å². The van der Waals surface area contributed by atoms with Gasteiger partial charge in [-0.25, -0.2) is 4.98 Å². The van der Waals surface area contributed by atoms with Crippen molar-refractivity contribution >= 4 is 5.91 Å². The summed E-state index contributed by atoms with van der Waals surface area (Å²) in [7, 11) is 1.65. The summed E-state index contributed by atoms with van der Waals surface area (Å²) in [6, 6.07) is 10.4. The molecule has 0 radical (unpaired) electrons. The average molecular weight is 257 g/mol. The summed E-state index contributed by atoms with van der Waals surface area (Å²) in [6.07, 6.45) is 6.56. The van der Waals surface area contributed by atoms with Gasteiger partial charge in [0, 0.05) is 25.9 Å². The molecule has 0 fully saturated rings. The van der Waals surface area contributed by atoms with Crippen molar-refractivity contribution in [2.24, 2.45) is 0 Å². The lowest BCUT2D eigenvalue weighted by Crippen LogP contribution is -2.24. The quantitative estimate of drug-likeness (QED) is 0.858. The third kappa shape index (κ3) is 3.95. The molecule has 1 aromatic carbocycles. The van der Waals surface area contributed by atoms with Crippen molar-refractivity contribution in [1.82, 2.24) is 14.9 Å². The fourth-order valence-electron chi connectivity index (χ4n) is 2.04. The van der Waals surface area contributed by atoms with Crippen LogP contribution >= 0.6 is 0 Å². The maximum atomic E-state index is 11.4. The van der Waals surface area contributed by atoms with Crippen LogP contribution in [0.1, 0.15) is 17.8 Å². The van der Waals surface area contributed by atoms with Crippen LogP contribution in [0.5, 0.6) is 0 Å². The highest BCUT2D eigenvalue weighted by atomic mass is 16.1. The van der Waals surface area contributed by atoms with Gasteiger partial charge in [-0.05, 0) is 18.4 Å². The molecule has 1 heterocycles. The Morgan fingerprint density at radius 3 is 2.79 bits per heavy atom. The number of imidazole rings is 1. The molecule has 0 aliphatic carbocycles. The van der Waals surface area contributed by atoms with Crippen LogP contribution < -0.4 is 5.32 Å². The molecule has 4 heteroatoms. The van der Waals surface area contributed by atoms with Crippen LogP contribution in [0.25, 0.3) is 0 Å². The number of nitrogens with one attached hydrogen (secondary N) is 1. The number of carbonyl (C=O) groups is 1. The molecule has 2 aromatic rings. The molecule has 0 atom stereocenters. The Bertz CT molecular complexity index is 519. The molecule has 0 aliphatic heterocycles. The molecule has 1 amide bonds. The number of aromatic nitrogens is 2. The maximum absolute atomic E-state index is 11.4. The van der Waals surface area contributed by atoms with Gasteiger partial charge in [0.25, 0.3) is 0 Å². The molecule has 0 unspecified atom stereocenters. The van der Waals surface area contributed by atoms with E-state index in [4.69, 9.17) is 0 Å². The monoisotopic (exact) mass is 257 g/mol. The number of amides is 1. The van der Waals surface area contributed by atoms with Crippen LogP contribution in [0.3, 0.4) is 0 Å². The van der Waals surface area contributed by atoms with Crippen LogP contribution in [0.4, 0.5) is 0 Å². The van der Waals surface area contributed by atoms with Gasteiger partial charge in [0.05, 0.1) is 0 Å². The van der Waals surface area contributed by atoms with Crippen LogP contribution in [0.15, 0.2) is 42.7 Å². The Hall–Kier alpha value is -2.10. The maximum Gasteiger partial charge on any atom is 0.239 e. The summed E-state index contributed by atoms with van der Waals surface area (Å²) in [5.41, 5.74) is 1.34. The zero-order valence-corrected chi connectivity index (χ0v) is 11.2. The van der Waals surface area contributed by atoms with E-state index in [0.29, 0.717) is 6.54 Å². The van der Waals surface area contributed by atoms with Gasteiger partial charge >= 0.3 is 0 Å². The highest BCUT2D eigenvalue weighted by Gasteiger charge is 2.06. The van der Waals surface area contributed by atoms with Crippen molar-refractivity contribution in [3.05, 3.63) is 54.1 Å². The van der Waals surface area contributed by atoms with Gasteiger partial charge < -0.3 is 9.88 Å². The van der Waals surface area contributed by atoms with Gasteiger partial charge in [-0.15, -0.1) is 0 Å². The number of rotatable bonds is 6. The fourth-order valence-corrected chi connectivity index (χ4v) is 2.04. The van der Waals surface area contributed by atoms with Crippen molar-refractivity contribution < 1.29 is 4.79 Å². The first-order chi connectivity index (χ1) is 9.29. The first kappa shape index (κ1) is 13.3. The number of likely N-dealkylation sites (N-methyl/N-ethyl adjacent to an activating group) is 1. The van der Waals surface area contributed by atoms with E-state index in [1.807, 2.05) is 16.8 Å². The Morgan fingerprint density at radius 2 is 2.05 bits per heavy atom. The largest absolute Gasteiger partial charge is 0.358 e. The van der Waals surface area contributed by atoms with Crippen molar-refractivity contribution in [2.75, 3.05) is 7.05 Å². The second-order valence-corrected chi connectivity index (χ2v) is 4.48. The summed E-state index contributed by atoms with van der Waals surface area (Å²) >= 11 is 0. The molecule has 4 nitrogen and oxygen atoms in total. The number of aryl methyl sites for hydroxylation is 2. The number of carbonyl (C=O) groups excluding carboxylic acids is 1. The van der Waals surface area contributed by atoms with Crippen LogP contribution in [0.2, 0.25) is 0 Å². The second-order valence-electron chi connectivity index (χ2n) is 4.48. The molecular weight excluding hydrogens is 238 g/mol. The summed E-state index contributed by atoms with van der Waals surface area (Å²) in [5.74, 6) is 0.974. The van der Waals surface area contributed by atoms with Crippen molar-refractivity contribution in [2.45, 2.75) is 25.8 Å². The van der Waals surface area contributed by atoms with Gasteiger partial charge in [0.2, 0.25) is 5.91 Å². The third-order valence-corrected chi connectivity index (χ3v) is 3.10. The minimum absolute atomic E-state index is 0.00214. The lowest BCUT2D eigenvalue weighted by atomic mass is 10.1. The molecule has 0 saturated carbocycles. The van der Waals surface area contributed by atoms with Crippen molar-refractivity contribution in [3.8, 4) is 0 Å². The summed E-state index contributed by atoms with van der Waals surface area (Å²) in [5, 5.41) is 2.62. The molecule has 1 aromatic heterocycles. The molecule has 0 spiro atoms. The Balaban J connectivity index is 1.86. The van der Waals surface area contributed by atoms with Gasteiger partial charge in [0.1, 0.15) is 12.4 Å². The van der Waals surface area contributed by atoms with E-state index in [1.54, 1.807) is 13.2 Å². The minimum atomic E-state index is 0.00214. The summed E-state index contributed by atoms with van der Waals surface area (Å²) in [4.78, 5) is 15.7. The van der Waals surface area contributed by atoms with Crippen molar-refractivity contribution in [3.63, 3.8) is 0 Å². The van der Waals surface area contributed by atoms with Gasteiger partial charge in [-0.3, -0.25) is 4.79 Å². The van der Waals surface area contributed by atoms with Crippen LogP contribution in [-0.2, 0) is 24.2 Å². The van der Waals surface area contributed by atoms with E-state index >= 15 is 0 Å². The minimum Gasteiger partial charge on any atom is -0.358 e. The molecule has 0 bridgehead atoms. The van der Waals surface area contributed by atoms with Gasteiger partial charge in [-0.1, -0.05) is 30.3 Å². The number of nitrogens with zero attached hydrogens (tertiary/aromatic N) is 2. The molecule has 100 valence electrons. The Labute approximate surface area is 113 Å². The molecule has 0 aliphatic rings. The number of hydrogen-bond acceptors (Lipinski definition) is 2. The molecular formula is C15H19N3O. The van der Waals surface area contributed by atoms with E-state index in [1.165, 1.54) is 5.56 Å². The molecule has 19 heavy (non-hydrogen) atoms. The van der Waals surface area contributed by atoms with Gasteiger partial charge in [0.15, 0.2) is 0 Å². The summed E-state index contributed by atoms with van der Waals surface area (Å²) in [6.45, 7) is 0.344. The van der Waals surface area contributed by atoms with E-state index in [2.05, 4.69) is 34.6 Å². The molecule has 2 rings (SSSR count). The zero-order valence-electron chi connectivity index (χ0n) is 11.2. The lowest BCUT2D eigenvalue weighted by Gasteiger charge is -2.07. The SMILES string of the molecule is CNC(=O)Cn1ccnc1CCCc1ccccc1. The van der Waals surface area contributed by atoms with Crippen molar-refractivity contribution in [1.29, 1.82) is 0 Å². The smallest absolute Gasteiger partial charge is 0.239 e. The predicted molar refractivity (Wildman–Crippen MR) is 74.8 cm³/mol. The van der Waals surface area contributed by atoms with E-state index in [0.717, 1.165) is 25.1 Å². The Kier molecular flexibility index (Phi) is 4.72. The van der Waals surface area contributed by atoms with E-state index < -0.39 is 0 Å². The summed E-state index contributed by atoms with van der Waals surface area (Å²) < 4.78 is 1.91. The number of benzene rings is 1. The first-order valence-electron chi connectivity index (χ1n) is 6.54. The standard InChI is InChI=1S/C15H19N3O/c1-16-15(19)12-18-11-10-17-14(18)9-5-8-13-6-3-2-4-7-13/h2-4,6-7,10-11H,5,8-9,12H2,1H3,(H,16,19). The van der Waals surface area contributed by atoms with E-state index in [9.17, 15) is 4.79 Å². The van der Waals surface area contributed by atoms with Crippen LogP contribution in [-0.4, -0.2) is 22.5 Å².